The monoisotopic (exact) mass is 281 g/mol. The Labute approximate surface area is 122 Å². The Balaban J connectivity index is 0.00000133. The van der Waals surface area contributed by atoms with E-state index in [0.29, 0.717) is 12.0 Å². The van der Waals surface area contributed by atoms with Crippen LogP contribution in [0.15, 0.2) is 24.3 Å². The normalized spacial score (nSPS) is 25.7. The number of likely N-dealkylation sites (tertiary alicyclic amines) is 1. The van der Waals surface area contributed by atoms with E-state index in [0.717, 1.165) is 12.4 Å². The number of rotatable bonds is 3. The molecule has 0 aromatic heterocycles. The van der Waals surface area contributed by atoms with Gasteiger partial charge in [0, 0.05) is 5.92 Å². The third kappa shape index (κ3) is 2.90. The van der Waals surface area contributed by atoms with Crippen molar-refractivity contribution in [3.05, 3.63) is 29.8 Å². The van der Waals surface area contributed by atoms with E-state index in [1.807, 2.05) is 0 Å². The molecule has 19 heavy (non-hydrogen) atoms. The largest absolute Gasteiger partial charge is 0.492 e. The van der Waals surface area contributed by atoms with Gasteiger partial charge in [-0.3, -0.25) is 4.90 Å². The predicted octanol–water partition coefficient (Wildman–Crippen LogP) is 3.85. The molecule has 0 N–H and O–H groups in total. The average molecular weight is 282 g/mol. The van der Waals surface area contributed by atoms with Crippen LogP contribution in [0.25, 0.3) is 0 Å². The molecule has 2 aliphatic rings. The lowest BCUT2D eigenvalue weighted by Gasteiger charge is -2.44. The molecule has 2 unspecified atom stereocenters. The van der Waals surface area contributed by atoms with Crippen LogP contribution in [0.5, 0.6) is 5.75 Å². The fraction of sp³-hybridized carbons (Fsp3) is 0.625. The molecule has 3 heteroatoms. The van der Waals surface area contributed by atoms with Crippen LogP contribution in [0.2, 0.25) is 0 Å². The number of nitrogens with zero attached hydrogens (tertiary/aromatic N) is 1. The summed E-state index contributed by atoms with van der Waals surface area (Å²) in [4.78, 5) is 2.66. The second-order valence-electron chi connectivity index (χ2n) is 5.55. The zero-order valence-electron chi connectivity index (χ0n) is 11.7. The van der Waals surface area contributed by atoms with Gasteiger partial charge in [-0.1, -0.05) is 31.5 Å². The van der Waals surface area contributed by atoms with E-state index in [4.69, 9.17) is 4.74 Å². The minimum Gasteiger partial charge on any atom is -0.492 e. The van der Waals surface area contributed by atoms with Crippen molar-refractivity contribution in [2.75, 3.05) is 19.7 Å². The SMILES string of the molecule is CCCCN1CCCC2c3ccccc3OCC21.Cl. The number of unbranched alkanes of at least 4 members (excludes halogenated alkanes) is 1. The van der Waals surface area contributed by atoms with Gasteiger partial charge in [-0.15, -0.1) is 12.4 Å². The molecule has 1 fully saturated rings. The zero-order chi connectivity index (χ0) is 12.4. The molecule has 0 amide bonds. The van der Waals surface area contributed by atoms with Gasteiger partial charge < -0.3 is 4.74 Å². The number of ether oxygens (including phenoxy) is 1. The summed E-state index contributed by atoms with van der Waals surface area (Å²) in [6, 6.07) is 9.22. The zero-order valence-corrected chi connectivity index (χ0v) is 12.5. The smallest absolute Gasteiger partial charge is 0.122 e. The van der Waals surface area contributed by atoms with Gasteiger partial charge in [0.05, 0.1) is 6.04 Å². The molecule has 2 nitrogen and oxygen atoms in total. The first-order valence-electron chi connectivity index (χ1n) is 7.36. The maximum absolute atomic E-state index is 5.96. The minimum absolute atomic E-state index is 0. The summed E-state index contributed by atoms with van der Waals surface area (Å²) < 4.78 is 5.96. The highest BCUT2D eigenvalue weighted by atomic mass is 35.5. The van der Waals surface area contributed by atoms with Crippen molar-refractivity contribution in [3.63, 3.8) is 0 Å². The minimum atomic E-state index is 0. The van der Waals surface area contributed by atoms with Crippen LogP contribution in [-0.2, 0) is 0 Å². The Morgan fingerprint density at radius 3 is 3.00 bits per heavy atom. The first kappa shape index (κ1) is 14.7. The Bertz CT molecular complexity index is 409. The van der Waals surface area contributed by atoms with Crippen molar-refractivity contribution in [1.29, 1.82) is 0 Å². The second kappa shape index (κ2) is 6.62. The lowest BCUT2D eigenvalue weighted by Crippen LogP contribution is -2.49. The predicted molar refractivity (Wildman–Crippen MR) is 81.4 cm³/mol. The topological polar surface area (TPSA) is 12.5 Å². The summed E-state index contributed by atoms with van der Waals surface area (Å²) in [6.45, 7) is 5.65. The first-order valence-corrected chi connectivity index (χ1v) is 7.36. The molecule has 0 bridgehead atoms. The number of halogens is 1. The van der Waals surface area contributed by atoms with Crippen LogP contribution in [0.4, 0.5) is 0 Å². The number of benzene rings is 1. The lowest BCUT2D eigenvalue weighted by atomic mass is 9.81. The van der Waals surface area contributed by atoms with Gasteiger partial charge in [0.15, 0.2) is 0 Å². The third-order valence-corrected chi connectivity index (χ3v) is 4.42. The van der Waals surface area contributed by atoms with E-state index in [1.54, 1.807) is 0 Å². The molecule has 3 rings (SSSR count). The van der Waals surface area contributed by atoms with Gasteiger partial charge in [-0.05, 0) is 44.0 Å². The van der Waals surface area contributed by atoms with Gasteiger partial charge in [-0.2, -0.15) is 0 Å². The van der Waals surface area contributed by atoms with Gasteiger partial charge in [0.2, 0.25) is 0 Å². The van der Waals surface area contributed by atoms with Crippen molar-refractivity contribution in [2.24, 2.45) is 0 Å². The molecular formula is C16H24ClNO. The fourth-order valence-electron chi connectivity index (χ4n) is 3.44. The fourth-order valence-corrected chi connectivity index (χ4v) is 3.44. The molecular weight excluding hydrogens is 258 g/mol. The highest BCUT2D eigenvalue weighted by Gasteiger charge is 2.36. The van der Waals surface area contributed by atoms with Gasteiger partial charge in [-0.25, -0.2) is 0 Å². The van der Waals surface area contributed by atoms with Gasteiger partial charge in [0.1, 0.15) is 12.4 Å². The maximum atomic E-state index is 5.96. The summed E-state index contributed by atoms with van der Waals surface area (Å²) in [6.07, 6.45) is 5.25. The highest BCUT2D eigenvalue weighted by Crippen LogP contribution is 2.40. The molecule has 1 aromatic rings. The van der Waals surface area contributed by atoms with E-state index >= 15 is 0 Å². The Morgan fingerprint density at radius 1 is 1.32 bits per heavy atom. The van der Waals surface area contributed by atoms with Crippen LogP contribution in [0.3, 0.4) is 0 Å². The van der Waals surface area contributed by atoms with E-state index in [9.17, 15) is 0 Å². The molecule has 0 spiro atoms. The Morgan fingerprint density at radius 2 is 2.16 bits per heavy atom. The lowest BCUT2D eigenvalue weighted by molar-refractivity contribution is 0.0648. The Hall–Kier alpha value is -0.730. The number of hydrogen-bond acceptors (Lipinski definition) is 2. The van der Waals surface area contributed by atoms with Crippen LogP contribution in [-0.4, -0.2) is 30.6 Å². The summed E-state index contributed by atoms with van der Waals surface area (Å²) in [5, 5.41) is 0. The molecule has 2 heterocycles. The molecule has 0 aliphatic carbocycles. The van der Waals surface area contributed by atoms with Crippen LogP contribution in [0.1, 0.15) is 44.1 Å². The van der Waals surface area contributed by atoms with Crippen molar-refractivity contribution >= 4 is 12.4 Å². The van der Waals surface area contributed by atoms with Gasteiger partial charge in [0.25, 0.3) is 0 Å². The first-order chi connectivity index (χ1) is 8.90. The van der Waals surface area contributed by atoms with Gasteiger partial charge >= 0.3 is 0 Å². The average Bonchev–Trinajstić information content (AvgIpc) is 2.44. The number of hydrogen-bond donors (Lipinski definition) is 0. The molecule has 2 atom stereocenters. The van der Waals surface area contributed by atoms with E-state index in [1.165, 1.54) is 44.3 Å². The molecule has 2 aliphatic heterocycles. The standard InChI is InChI=1S/C16H23NO.ClH/c1-2-3-10-17-11-6-8-13-14-7-4-5-9-16(14)18-12-15(13)17;/h4-5,7,9,13,15H,2-3,6,8,10-12H2,1H3;1H. The summed E-state index contributed by atoms with van der Waals surface area (Å²) in [5.41, 5.74) is 1.44. The Kier molecular flexibility index (Phi) is 5.12. The molecule has 0 radical (unpaired) electrons. The summed E-state index contributed by atoms with van der Waals surface area (Å²) in [5.74, 6) is 1.82. The van der Waals surface area contributed by atoms with Crippen LogP contribution < -0.4 is 4.74 Å². The molecule has 1 saturated heterocycles. The highest BCUT2D eigenvalue weighted by molar-refractivity contribution is 5.85. The number of para-hydroxylation sites is 1. The van der Waals surface area contributed by atoms with Crippen LogP contribution in [0, 0.1) is 0 Å². The number of fused-ring (bicyclic) bond motifs is 3. The molecule has 1 aromatic carbocycles. The second-order valence-corrected chi connectivity index (χ2v) is 5.55. The van der Waals surface area contributed by atoms with Crippen molar-refractivity contribution < 1.29 is 4.74 Å². The number of piperidine rings is 1. The van der Waals surface area contributed by atoms with Crippen molar-refractivity contribution in [1.82, 2.24) is 4.90 Å². The van der Waals surface area contributed by atoms with Crippen LogP contribution >= 0.6 is 12.4 Å². The molecule has 106 valence electrons. The third-order valence-electron chi connectivity index (χ3n) is 4.42. The van der Waals surface area contributed by atoms with E-state index < -0.39 is 0 Å². The maximum Gasteiger partial charge on any atom is 0.122 e. The van der Waals surface area contributed by atoms with E-state index in [2.05, 4.69) is 36.1 Å². The quantitative estimate of drug-likeness (QED) is 0.834. The van der Waals surface area contributed by atoms with E-state index in [-0.39, 0.29) is 12.4 Å². The molecule has 0 saturated carbocycles. The van der Waals surface area contributed by atoms with Crippen molar-refractivity contribution in [2.45, 2.75) is 44.6 Å². The summed E-state index contributed by atoms with van der Waals surface area (Å²) in [7, 11) is 0. The van der Waals surface area contributed by atoms with Crippen molar-refractivity contribution in [3.8, 4) is 5.75 Å². The summed E-state index contributed by atoms with van der Waals surface area (Å²) >= 11 is 0.